The van der Waals surface area contributed by atoms with Crippen LogP contribution in [0.4, 0.5) is 5.69 Å². The maximum absolute atomic E-state index is 11.9. The lowest BCUT2D eigenvalue weighted by Gasteiger charge is -2.05. The largest absolute Gasteiger partial charge is 0.467 e. The van der Waals surface area contributed by atoms with E-state index >= 15 is 0 Å². The fraction of sp³-hybridized carbons (Fsp3) is 0.0833. The molecule has 1 aromatic heterocycles. The zero-order valence-corrected chi connectivity index (χ0v) is 11.2. The van der Waals surface area contributed by atoms with E-state index in [1.165, 1.54) is 24.5 Å². The second-order valence-corrected chi connectivity index (χ2v) is 4.45. The number of nitro benzene ring substituents is 1. The van der Waals surface area contributed by atoms with E-state index in [1.54, 1.807) is 12.1 Å². The van der Waals surface area contributed by atoms with E-state index in [2.05, 4.69) is 21.2 Å². The molecule has 0 aliphatic rings. The maximum atomic E-state index is 11.9. The van der Waals surface area contributed by atoms with Crippen LogP contribution in [0.5, 0.6) is 0 Å². The zero-order valence-electron chi connectivity index (χ0n) is 9.63. The topological polar surface area (TPSA) is 85.4 Å². The van der Waals surface area contributed by atoms with Crippen LogP contribution in [0.15, 0.2) is 45.5 Å². The molecule has 0 saturated heterocycles. The summed E-state index contributed by atoms with van der Waals surface area (Å²) in [6.45, 7) is 0.223. The van der Waals surface area contributed by atoms with Gasteiger partial charge in [0.25, 0.3) is 11.6 Å². The number of furan rings is 1. The molecule has 1 aromatic carbocycles. The normalized spacial score (nSPS) is 10.2. The summed E-state index contributed by atoms with van der Waals surface area (Å²) in [6.07, 6.45) is 1.50. The van der Waals surface area contributed by atoms with Crippen LogP contribution in [0.3, 0.4) is 0 Å². The number of halogens is 1. The van der Waals surface area contributed by atoms with Crippen LogP contribution in [0, 0.1) is 10.1 Å². The summed E-state index contributed by atoms with van der Waals surface area (Å²) in [5.41, 5.74) is 0.0615. The van der Waals surface area contributed by atoms with Crippen molar-refractivity contribution >= 4 is 27.5 Å². The summed E-state index contributed by atoms with van der Waals surface area (Å²) in [6, 6.07) is 7.74. The molecule has 0 aliphatic carbocycles. The molecule has 0 aliphatic heterocycles. The van der Waals surface area contributed by atoms with Crippen molar-refractivity contribution in [3.05, 3.63) is 62.5 Å². The van der Waals surface area contributed by atoms with Crippen molar-refractivity contribution < 1.29 is 14.1 Å². The highest BCUT2D eigenvalue weighted by Gasteiger charge is 2.19. The lowest BCUT2D eigenvalue weighted by atomic mass is 10.2. The van der Waals surface area contributed by atoms with Gasteiger partial charge in [-0.05, 0) is 34.1 Å². The first kappa shape index (κ1) is 13.3. The first-order valence-corrected chi connectivity index (χ1v) is 6.12. The Morgan fingerprint density at radius 2 is 2.16 bits per heavy atom. The van der Waals surface area contributed by atoms with Crippen LogP contribution in [0.25, 0.3) is 0 Å². The second kappa shape index (κ2) is 5.66. The monoisotopic (exact) mass is 324 g/mol. The first-order valence-electron chi connectivity index (χ1n) is 5.33. The smallest absolute Gasteiger partial charge is 0.284 e. The SMILES string of the molecule is O=C(NCc1ccco1)c1cccc([N+](=O)[O-])c1Br. The molecule has 0 atom stereocenters. The van der Waals surface area contributed by atoms with Gasteiger partial charge in [0, 0.05) is 6.07 Å². The van der Waals surface area contributed by atoms with Crippen molar-refractivity contribution in [1.82, 2.24) is 5.32 Å². The van der Waals surface area contributed by atoms with Gasteiger partial charge < -0.3 is 9.73 Å². The summed E-state index contributed by atoms with van der Waals surface area (Å²) in [5, 5.41) is 13.4. The number of nitrogens with one attached hydrogen (secondary N) is 1. The van der Waals surface area contributed by atoms with E-state index in [1.807, 2.05) is 0 Å². The fourth-order valence-corrected chi connectivity index (χ4v) is 2.10. The third-order valence-corrected chi connectivity index (χ3v) is 3.26. The van der Waals surface area contributed by atoms with Crippen LogP contribution in [-0.2, 0) is 6.54 Å². The van der Waals surface area contributed by atoms with E-state index in [4.69, 9.17) is 4.42 Å². The predicted octanol–water partition coefficient (Wildman–Crippen LogP) is 2.88. The molecular weight excluding hydrogens is 316 g/mol. The number of hydrogen-bond acceptors (Lipinski definition) is 4. The van der Waals surface area contributed by atoms with Gasteiger partial charge in [-0.25, -0.2) is 0 Å². The van der Waals surface area contributed by atoms with Gasteiger partial charge >= 0.3 is 0 Å². The highest BCUT2D eigenvalue weighted by molar-refractivity contribution is 9.10. The van der Waals surface area contributed by atoms with Crippen molar-refractivity contribution in [2.45, 2.75) is 6.54 Å². The number of hydrogen-bond donors (Lipinski definition) is 1. The molecule has 0 spiro atoms. The lowest BCUT2D eigenvalue weighted by molar-refractivity contribution is -0.385. The van der Waals surface area contributed by atoms with E-state index in [0.717, 1.165) is 0 Å². The summed E-state index contributed by atoms with van der Waals surface area (Å²) < 4.78 is 5.24. The van der Waals surface area contributed by atoms with Gasteiger partial charge in [0.05, 0.1) is 23.3 Å². The van der Waals surface area contributed by atoms with Gasteiger partial charge in [0.15, 0.2) is 0 Å². The van der Waals surface area contributed by atoms with Crippen LogP contribution < -0.4 is 5.32 Å². The predicted molar refractivity (Wildman–Crippen MR) is 70.7 cm³/mol. The Kier molecular flexibility index (Phi) is 3.96. The molecule has 1 amide bonds. The minimum atomic E-state index is -0.548. The van der Waals surface area contributed by atoms with E-state index in [-0.39, 0.29) is 22.3 Å². The van der Waals surface area contributed by atoms with Crippen molar-refractivity contribution in [2.24, 2.45) is 0 Å². The number of carbonyl (C=O) groups excluding carboxylic acids is 1. The van der Waals surface area contributed by atoms with Crippen molar-refractivity contribution in [1.29, 1.82) is 0 Å². The minimum Gasteiger partial charge on any atom is -0.467 e. The average molecular weight is 325 g/mol. The Bertz CT molecular complexity index is 610. The Hall–Kier alpha value is -2.15. The first-order chi connectivity index (χ1) is 9.09. The van der Waals surface area contributed by atoms with Crippen LogP contribution >= 0.6 is 15.9 Å². The van der Waals surface area contributed by atoms with E-state index in [9.17, 15) is 14.9 Å². The van der Waals surface area contributed by atoms with Gasteiger partial charge in [0.2, 0.25) is 0 Å². The third kappa shape index (κ3) is 3.00. The van der Waals surface area contributed by atoms with Crippen molar-refractivity contribution in [3.63, 3.8) is 0 Å². The lowest BCUT2D eigenvalue weighted by Crippen LogP contribution is -2.23. The standard InChI is InChI=1S/C12H9BrN2O4/c13-11-9(4-1-5-10(11)15(17)18)12(16)14-7-8-3-2-6-19-8/h1-6H,7H2,(H,14,16). The quantitative estimate of drug-likeness (QED) is 0.692. The number of benzene rings is 1. The highest BCUT2D eigenvalue weighted by atomic mass is 79.9. The molecular formula is C12H9BrN2O4. The van der Waals surface area contributed by atoms with Gasteiger partial charge in [-0.2, -0.15) is 0 Å². The zero-order chi connectivity index (χ0) is 13.8. The Morgan fingerprint density at radius 3 is 2.79 bits per heavy atom. The summed E-state index contributed by atoms with van der Waals surface area (Å²) in [7, 11) is 0. The third-order valence-electron chi connectivity index (χ3n) is 2.42. The maximum Gasteiger partial charge on any atom is 0.284 e. The molecule has 2 aromatic rings. The van der Waals surface area contributed by atoms with E-state index in [0.29, 0.717) is 5.76 Å². The Labute approximate surface area is 116 Å². The summed E-state index contributed by atoms with van der Waals surface area (Å²) in [4.78, 5) is 22.2. The molecule has 0 fully saturated rings. The van der Waals surface area contributed by atoms with Crippen LogP contribution in [0.1, 0.15) is 16.1 Å². The molecule has 19 heavy (non-hydrogen) atoms. The number of rotatable bonds is 4. The second-order valence-electron chi connectivity index (χ2n) is 3.66. The van der Waals surface area contributed by atoms with Gasteiger partial charge in [-0.15, -0.1) is 0 Å². The number of nitro groups is 1. The molecule has 1 N–H and O–H groups in total. The molecule has 2 rings (SSSR count). The molecule has 0 radical (unpaired) electrons. The Balaban J connectivity index is 2.15. The minimum absolute atomic E-state index is 0.148. The summed E-state index contributed by atoms with van der Waals surface area (Å²) >= 11 is 3.08. The Morgan fingerprint density at radius 1 is 1.37 bits per heavy atom. The molecule has 6 nitrogen and oxygen atoms in total. The highest BCUT2D eigenvalue weighted by Crippen LogP contribution is 2.28. The van der Waals surface area contributed by atoms with Crippen LogP contribution in [0.2, 0.25) is 0 Å². The van der Waals surface area contributed by atoms with E-state index < -0.39 is 10.8 Å². The van der Waals surface area contributed by atoms with Crippen molar-refractivity contribution in [2.75, 3.05) is 0 Å². The molecule has 0 unspecified atom stereocenters. The van der Waals surface area contributed by atoms with Crippen LogP contribution in [-0.4, -0.2) is 10.8 Å². The number of carbonyl (C=O) groups is 1. The molecule has 0 bridgehead atoms. The van der Waals surface area contributed by atoms with Gasteiger partial charge in [-0.1, -0.05) is 6.07 Å². The molecule has 98 valence electrons. The number of amides is 1. The fourth-order valence-electron chi connectivity index (χ4n) is 1.51. The van der Waals surface area contributed by atoms with Gasteiger partial charge in [0.1, 0.15) is 10.2 Å². The van der Waals surface area contributed by atoms with Crippen molar-refractivity contribution in [3.8, 4) is 0 Å². The molecule has 0 saturated carbocycles. The van der Waals surface area contributed by atoms with Gasteiger partial charge in [-0.3, -0.25) is 14.9 Å². The average Bonchev–Trinajstić information content (AvgIpc) is 2.89. The number of nitrogens with zero attached hydrogens (tertiary/aromatic N) is 1. The molecule has 1 heterocycles. The molecule has 7 heteroatoms. The summed E-state index contributed by atoms with van der Waals surface area (Å²) in [5.74, 6) is 0.196.